The fraction of sp³-hybridized carbons (Fsp3) is 0.182. The van der Waals surface area contributed by atoms with Crippen molar-refractivity contribution in [1.82, 2.24) is 0 Å². The maximum atomic E-state index is 2.24. The van der Waals surface area contributed by atoms with Crippen molar-refractivity contribution in [2.75, 3.05) is 0 Å². The second-order valence-corrected chi connectivity index (χ2v) is 3.06. The molecule has 0 atom stereocenters. The largest absolute Gasteiger partial charge is 0.156 e. The number of hydrogen-bond acceptors (Lipinski definition) is 0. The van der Waals surface area contributed by atoms with Crippen molar-refractivity contribution in [3.05, 3.63) is 41.5 Å². The molecule has 0 fully saturated rings. The molecule has 0 saturated carbocycles. The van der Waals surface area contributed by atoms with Crippen LogP contribution in [0.2, 0.25) is 0 Å². The zero-order valence-electron chi connectivity index (χ0n) is 8.20. The van der Waals surface area contributed by atoms with E-state index in [1.165, 1.54) is 21.9 Å². The molecule has 0 nitrogen and oxygen atoms in total. The van der Waals surface area contributed by atoms with Gasteiger partial charge in [0.25, 0.3) is 0 Å². The summed E-state index contributed by atoms with van der Waals surface area (Å²) in [4.78, 5) is 0. The zero-order chi connectivity index (χ0) is 7.84. The van der Waals surface area contributed by atoms with Gasteiger partial charge in [0.1, 0.15) is 0 Å². The summed E-state index contributed by atoms with van der Waals surface area (Å²) in [7, 11) is 0. The Morgan fingerprint density at radius 3 is 2.21 bits per heavy atom. The molecular weight excluding hydrogens is 294 g/mol. The first-order chi connectivity index (χ1) is 5.29. The molecule has 0 heterocycles. The van der Waals surface area contributed by atoms with Gasteiger partial charge in [-0.15, -0.1) is 65.4 Å². The number of rotatable bonds is 0. The summed E-state index contributed by atoms with van der Waals surface area (Å²) >= 11 is 0. The van der Waals surface area contributed by atoms with Crippen LogP contribution >= 0.6 is 24.8 Å². The Labute approximate surface area is 116 Å². The summed E-state index contributed by atoms with van der Waals surface area (Å²) in [5.74, 6) is 0. The van der Waals surface area contributed by atoms with Gasteiger partial charge in [-0.2, -0.15) is 5.56 Å². The molecule has 0 saturated heterocycles. The van der Waals surface area contributed by atoms with E-state index in [9.17, 15) is 0 Å². The van der Waals surface area contributed by atoms with Crippen LogP contribution in [0.5, 0.6) is 0 Å². The van der Waals surface area contributed by atoms with Crippen molar-refractivity contribution < 1.29 is 26.2 Å². The van der Waals surface area contributed by atoms with Crippen LogP contribution in [-0.4, -0.2) is 0 Å². The second kappa shape index (κ2) is 6.72. The van der Waals surface area contributed by atoms with E-state index < -0.39 is 0 Å². The Kier molecular flexibility index (Phi) is 8.02. The third kappa shape index (κ3) is 2.89. The fourth-order valence-electron chi connectivity index (χ4n) is 1.65. The van der Waals surface area contributed by atoms with Crippen LogP contribution in [0.4, 0.5) is 0 Å². The van der Waals surface area contributed by atoms with Gasteiger partial charge < -0.3 is 0 Å². The second-order valence-electron chi connectivity index (χ2n) is 3.06. The molecule has 0 radical (unpaired) electrons. The molecule has 0 unspecified atom stereocenters. The smallest absolute Gasteiger partial charge is 0 e. The molecular formula is C11H13Cl2Zr-. The third-order valence-electron chi connectivity index (χ3n) is 2.21. The van der Waals surface area contributed by atoms with Crippen molar-refractivity contribution in [3.63, 3.8) is 0 Å². The monoisotopic (exact) mass is 305 g/mol. The summed E-state index contributed by atoms with van der Waals surface area (Å²) in [5, 5.41) is 2.79. The van der Waals surface area contributed by atoms with E-state index in [0.717, 1.165) is 0 Å². The predicted octanol–water partition coefficient (Wildman–Crippen LogP) is 4.02. The van der Waals surface area contributed by atoms with E-state index in [1.807, 2.05) is 0 Å². The molecule has 76 valence electrons. The van der Waals surface area contributed by atoms with Crippen LogP contribution in [0.1, 0.15) is 11.1 Å². The van der Waals surface area contributed by atoms with E-state index in [2.05, 4.69) is 44.2 Å². The minimum Gasteiger partial charge on any atom is -0.156 e. The number of aryl methyl sites for hydroxylation is 2. The SMILES string of the molecule is Cc1c[c-](C)c2ccccc12.Cl.Cl.[Zr]. The van der Waals surface area contributed by atoms with E-state index in [-0.39, 0.29) is 51.0 Å². The first-order valence-corrected chi connectivity index (χ1v) is 3.90. The summed E-state index contributed by atoms with van der Waals surface area (Å²) in [5.41, 5.74) is 2.77. The standard InChI is InChI=1S/C11H11.2ClH.Zr/c1-8-7-9(2)11-6-4-3-5-10(8)11;;;/h3-7H,1-2H3;2*1H;/q-1;;;. The number of halogens is 2. The summed E-state index contributed by atoms with van der Waals surface area (Å²) < 4.78 is 0. The van der Waals surface area contributed by atoms with Gasteiger partial charge in [-0.25, -0.2) is 0 Å². The van der Waals surface area contributed by atoms with Crippen LogP contribution in [0, 0.1) is 13.8 Å². The Hall–Kier alpha value is 0.293. The molecule has 14 heavy (non-hydrogen) atoms. The van der Waals surface area contributed by atoms with Crippen LogP contribution in [-0.2, 0) is 26.2 Å². The minimum atomic E-state index is 0. The Morgan fingerprint density at radius 2 is 1.64 bits per heavy atom. The average molecular weight is 307 g/mol. The quantitative estimate of drug-likeness (QED) is 0.645. The van der Waals surface area contributed by atoms with Crippen LogP contribution in [0.3, 0.4) is 0 Å². The van der Waals surface area contributed by atoms with Crippen LogP contribution in [0.15, 0.2) is 30.3 Å². The molecule has 0 aromatic heterocycles. The summed E-state index contributed by atoms with van der Waals surface area (Å²) in [6.45, 7) is 4.32. The van der Waals surface area contributed by atoms with Crippen molar-refractivity contribution in [1.29, 1.82) is 0 Å². The van der Waals surface area contributed by atoms with Gasteiger partial charge in [-0.05, 0) is 0 Å². The third-order valence-corrected chi connectivity index (χ3v) is 2.21. The molecule has 0 spiro atoms. The predicted molar refractivity (Wildman–Crippen MR) is 63.5 cm³/mol. The van der Waals surface area contributed by atoms with Gasteiger partial charge in [-0.3, -0.25) is 0 Å². The Balaban J connectivity index is 0. The van der Waals surface area contributed by atoms with Gasteiger partial charge in [0.2, 0.25) is 0 Å². The fourth-order valence-corrected chi connectivity index (χ4v) is 1.65. The van der Waals surface area contributed by atoms with E-state index in [0.29, 0.717) is 0 Å². The van der Waals surface area contributed by atoms with E-state index >= 15 is 0 Å². The van der Waals surface area contributed by atoms with Gasteiger partial charge in [0.05, 0.1) is 0 Å². The molecule has 0 amide bonds. The molecule has 0 bridgehead atoms. The number of benzene rings is 1. The molecule has 3 heteroatoms. The van der Waals surface area contributed by atoms with Gasteiger partial charge in [0.15, 0.2) is 0 Å². The maximum Gasteiger partial charge on any atom is 0 e. The van der Waals surface area contributed by atoms with Crippen LogP contribution < -0.4 is 0 Å². The first-order valence-electron chi connectivity index (χ1n) is 3.90. The zero-order valence-corrected chi connectivity index (χ0v) is 12.3. The summed E-state index contributed by atoms with van der Waals surface area (Å²) in [6, 6.07) is 10.8. The molecule has 2 rings (SSSR count). The molecule has 0 aliphatic heterocycles. The van der Waals surface area contributed by atoms with Crippen molar-refractivity contribution >= 4 is 35.6 Å². The topological polar surface area (TPSA) is 0 Å². The summed E-state index contributed by atoms with van der Waals surface area (Å²) in [6.07, 6.45) is 0. The van der Waals surface area contributed by atoms with E-state index in [4.69, 9.17) is 0 Å². The molecule has 2 aromatic carbocycles. The Morgan fingerprint density at radius 1 is 1.07 bits per heavy atom. The van der Waals surface area contributed by atoms with Crippen molar-refractivity contribution in [2.45, 2.75) is 13.8 Å². The molecule has 0 N–H and O–H groups in total. The minimum absolute atomic E-state index is 0. The molecule has 0 aliphatic carbocycles. The van der Waals surface area contributed by atoms with E-state index in [1.54, 1.807) is 0 Å². The van der Waals surface area contributed by atoms with Gasteiger partial charge >= 0.3 is 0 Å². The maximum absolute atomic E-state index is 2.24. The van der Waals surface area contributed by atoms with Crippen molar-refractivity contribution in [3.8, 4) is 0 Å². The molecule has 0 aliphatic rings. The van der Waals surface area contributed by atoms with Gasteiger partial charge in [-0.1, -0.05) is 19.9 Å². The normalized spacial score (nSPS) is 8.43. The number of hydrogen-bond donors (Lipinski definition) is 0. The van der Waals surface area contributed by atoms with Gasteiger partial charge in [0, 0.05) is 26.2 Å². The Bertz CT molecular complexity index is 357. The average Bonchev–Trinajstić information content (AvgIpc) is 2.30. The first kappa shape index (κ1) is 16.7. The number of fused-ring (bicyclic) bond motifs is 1. The van der Waals surface area contributed by atoms with Crippen LogP contribution in [0.25, 0.3) is 10.8 Å². The molecule has 2 aromatic rings. The van der Waals surface area contributed by atoms with Crippen molar-refractivity contribution in [2.24, 2.45) is 0 Å².